The van der Waals surface area contributed by atoms with Crippen LogP contribution in [0.4, 0.5) is 5.69 Å². The van der Waals surface area contributed by atoms with E-state index in [1.54, 1.807) is 0 Å². The first-order chi connectivity index (χ1) is 13.2. The van der Waals surface area contributed by atoms with Gasteiger partial charge in [-0.1, -0.05) is 61.2 Å². The summed E-state index contributed by atoms with van der Waals surface area (Å²) in [6.07, 6.45) is 8.58. The van der Waals surface area contributed by atoms with Gasteiger partial charge in [-0.2, -0.15) is 0 Å². The number of hydrogen-bond donors (Lipinski definition) is 0. The molecule has 27 heavy (non-hydrogen) atoms. The van der Waals surface area contributed by atoms with Crippen LogP contribution in [0.1, 0.15) is 49.7 Å². The summed E-state index contributed by atoms with van der Waals surface area (Å²) in [6, 6.07) is 16.5. The standard InChI is InChI=1S/C23H23ClN2O/c24-18-8-6-7-17(15-18)20-16-23(12-4-1-5-13-23)26-22(27)11-14-25(26)21-10-3-2-9-19(20)21/h2-3,6-10,15-16H,1,4-5,11-14H2. The number of amides is 1. The molecule has 0 unspecified atom stereocenters. The van der Waals surface area contributed by atoms with E-state index in [4.69, 9.17) is 11.6 Å². The normalized spacial score (nSPS) is 20.9. The number of halogens is 1. The van der Waals surface area contributed by atoms with Gasteiger partial charge in [-0.3, -0.25) is 9.80 Å². The average Bonchev–Trinajstić information content (AvgIpc) is 3.04. The molecule has 1 spiro atoms. The Morgan fingerprint density at radius 1 is 0.963 bits per heavy atom. The summed E-state index contributed by atoms with van der Waals surface area (Å²) in [5.41, 5.74) is 4.38. The number of hydrogen-bond acceptors (Lipinski definition) is 2. The highest BCUT2D eigenvalue weighted by Gasteiger charge is 2.47. The monoisotopic (exact) mass is 378 g/mol. The number of rotatable bonds is 1. The molecule has 3 nitrogen and oxygen atoms in total. The Hall–Kier alpha value is -2.26. The van der Waals surface area contributed by atoms with Gasteiger partial charge < -0.3 is 0 Å². The number of carbonyl (C=O) groups is 1. The predicted octanol–water partition coefficient (Wildman–Crippen LogP) is 5.44. The van der Waals surface area contributed by atoms with Crippen molar-refractivity contribution < 1.29 is 4.79 Å². The second kappa shape index (κ2) is 6.42. The predicted molar refractivity (Wildman–Crippen MR) is 110 cm³/mol. The quantitative estimate of drug-likeness (QED) is 0.659. The first kappa shape index (κ1) is 16.9. The van der Waals surface area contributed by atoms with E-state index in [1.165, 1.54) is 17.6 Å². The molecule has 0 aromatic heterocycles. The van der Waals surface area contributed by atoms with E-state index < -0.39 is 0 Å². The van der Waals surface area contributed by atoms with Crippen LogP contribution in [0.3, 0.4) is 0 Å². The summed E-state index contributed by atoms with van der Waals surface area (Å²) >= 11 is 6.33. The van der Waals surface area contributed by atoms with Gasteiger partial charge in [-0.15, -0.1) is 0 Å². The number of anilines is 1. The Balaban J connectivity index is 1.78. The van der Waals surface area contributed by atoms with Crippen LogP contribution in [0.15, 0.2) is 54.6 Å². The second-order valence-corrected chi connectivity index (χ2v) is 8.26. The number of benzene rings is 2. The van der Waals surface area contributed by atoms with Crippen molar-refractivity contribution in [1.29, 1.82) is 0 Å². The highest BCUT2D eigenvalue weighted by Crippen LogP contribution is 2.47. The third-order valence-electron chi connectivity index (χ3n) is 6.18. The Morgan fingerprint density at radius 2 is 1.78 bits per heavy atom. The fourth-order valence-corrected chi connectivity index (χ4v) is 5.20. The number of nitrogens with zero attached hydrogens (tertiary/aromatic N) is 2. The van der Waals surface area contributed by atoms with E-state index in [0.717, 1.165) is 48.5 Å². The van der Waals surface area contributed by atoms with Crippen LogP contribution < -0.4 is 5.01 Å². The van der Waals surface area contributed by atoms with Crippen molar-refractivity contribution in [1.82, 2.24) is 5.01 Å². The molecule has 138 valence electrons. The van der Waals surface area contributed by atoms with Crippen LogP contribution in [0.25, 0.3) is 5.57 Å². The molecule has 2 heterocycles. The Kier molecular flexibility index (Phi) is 4.01. The van der Waals surface area contributed by atoms with Crippen molar-refractivity contribution in [3.8, 4) is 0 Å². The second-order valence-electron chi connectivity index (χ2n) is 7.83. The largest absolute Gasteiger partial charge is 0.281 e. The molecule has 2 fully saturated rings. The summed E-state index contributed by atoms with van der Waals surface area (Å²) in [7, 11) is 0. The molecule has 4 heteroatoms. The molecule has 2 aromatic rings. The SMILES string of the molecule is O=C1CCN2c3ccccc3C(c3cccc(Cl)c3)=CC3(CCCCC3)N12. The zero-order valence-corrected chi connectivity index (χ0v) is 16.1. The molecule has 1 saturated carbocycles. The van der Waals surface area contributed by atoms with Gasteiger partial charge in [0.05, 0.1) is 11.2 Å². The lowest BCUT2D eigenvalue weighted by Crippen LogP contribution is -2.55. The molecule has 1 saturated heterocycles. The maximum absolute atomic E-state index is 13.0. The first-order valence-corrected chi connectivity index (χ1v) is 10.2. The molecule has 2 aliphatic heterocycles. The fourth-order valence-electron chi connectivity index (χ4n) is 5.01. The van der Waals surface area contributed by atoms with E-state index in [1.807, 2.05) is 18.2 Å². The maximum atomic E-state index is 13.0. The van der Waals surface area contributed by atoms with Crippen molar-refractivity contribution in [3.05, 3.63) is 70.8 Å². The van der Waals surface area contributed by atoms with Gasteiger partial charge in [-0.05, 0) is 48.3 Å². The summed E-state index contributed by atoms with van der Waals surface area (Å²) in [5, 5.41) is 5.06. The molecular weight excluding hydrogens is 356 g/mol. The van der Waals surface area contributed by atoms with Crippen LogP contribution in [0, 0.1) is 0 Å². The maximum Gasteiger partial charge on any atom is 0.243 e. The molecule has 3 aliphatic rings. The van der Waals surface area contributed by atoms with Gasteiger partial charge in [0.25, 0.3) is 0 Å². The van der Waals surface area contributed by atoms with Crippen molar-refractivity contribution in [3.63, 3.8) is 0 Å². The van der Waals surface area contributed by atoms with E-state index >= 15 is 0 Å². The summed E-state index contributed by atoms with van der Waals surface area (Å²) < 4.78 is 0. The van der Waals surface area contributed by atoms with Crippen LogP contribution in [0.2, 0.25) is 5.02 Å². The molecule has 0 bridgehead atoms. The molecule has 0 radical (unpaired) electrons. The number of carbonyl (C=O) groups excluding carboxylic acids is 1. The smallest absolute Gasteiger partial charge is 0.243 e. The summed E-state index contributed by atoms with van der Waals surface area (Å²) in [6.45, 7) is 0.758. The Labute approximate surface area is 165 Å². The van der Waals surface area contributed by atoms with Gasteiger partial charge in [0, 0.05) is 23.6 Å². The number of para-hydroxylation sites is 1. The third-order valence-corrected chi connectivity index (χ3v) is 6.41. The van der Waals surface area contributed by atoms with Crippen molar-refractivity contribution >= 4 is 28.8 Å². The minimum atomic E-state index is -0.234. The average molecular weight is 379 g/mol. The first-order valence-electron chi connectivity index (χ1n) is 9.87. The number of fused-ring (bicyclic) bond motifs is 4. The Bertz CT molecular complexity index is 929. The van der Waals surface area contributed by atoms with Crippen molar-refractivity contribution in [2.24, 2.45) is 0 Å². The highest BCUT2D eigenvalue weighted by molar-refractivity contribution is 6.30. The molecule has 0 N–H and O–H groups in total. The van der Waals surface area contributed by atoms with E-state index in [2.05, 4.69) is 46.4 Å². The van der Waals surface area contributed by atoms with E-state index in [-0.39, 0.29) is 11.4 Å². The molecule has 1 aliphatic carbocycles. The van der Waals surface area contributed by atoms with Gasteiger partial charge in [-0.25, -0.2) is 5.01 Å². The molecule has 2 aromatic carbocycles. The highest BCUT2D eigenvalue weighted by atomic mass is 35.5. The van der Waals surface area contributed by atoms with Crippen LogP contribution in [-0.4, -0.2) is 23.0 Å². The van der Waals surface area contributed by atoms with Crippen molar-refractivity contribution in [2.75, 3.05) is 11.6 Å². The molecule has 5 rings (SSSR count). The van der Waals surface area contributed by atoms with Crippen molar-refractivity contribution in [2.45, 2.75) is 44.1 Å². The molecular formula is C23H23ClN2O. The number of hydrazine groups is 1. The minimum Gasteiger partial charge on any atom is -0.281 e. The summed E-state index contributed by atoms with van der Waals surface area (Å²) in [4.78, 5) is 13.0. The zero-order chi connectivity index (χ0) is 18.4. The van der Waals surface area contributed by atoms with Gasteiger partial charge >= 0.3 is 0 Å². The van der Waals surface area contributed by atoms with E-state index in [9.17, 15) is 4.79 Å². The minimum absolute atomic E-state index is 0.234. The molecule has 0 atom stereocenters. The third kappa shape index (κ3) is 2.68. The summed E-state index contributed by atoms with van der Waals surface area (Å²) in [5.74, 6) is 0.246. The van der Waals surface area contributed by atoms with E-state index in [0.29, 0.717) is 6.42 Å². The lowest BCUT2D eigenvalue weighted by atomic mass is 9.78. The van der Waals surface area contributed by atoms with Gasteiger partial charge in [0.2, 0.25) is 5.91 Å². The fraction of sp³-hybridized carbons (Fsp3) is 0.348. The van der Waals surface area contributed by atoms with Gasteiger partial charge in [0.15, 0.2) is 0 Å². The molecule has 1 amide bonds. The zero-order valence-electron chi connectivity index (χ0n) is 15.3. The van der Waals surface area contributed by atoms with Crippen LogP contribution >= 0.6 is 11.6 Å². The van der Waals surface area contributed by atoms with Crippen LogP contribution in [0.5, 0.6) is 0 Å². The Morgan fingerprint density at radius 3 is 2.59 bits per heavy atom. The topological polar surface area (TPSA) is 23.6 Å². The van der Waals surface area contributed by atoms with Crippen LogP contribution in [-0.2, 0) is 4.79 Å². The lowest BCUT2D eigenvalue weighted by molar-refractivity contribution is -0.133. The lowest BCUT2D eigenvalue weighted by Gasteiger charge is -2.46. The van der Waals surface area contributed by atoms with Gasteiger partial charge in [0.1, 0.15) is 0 Å².